The van der Waals surface area contributed by atoms with Crippen molar-refractivity contribution in [1.29, 1.82) is 0 Å². The quantitative estimate of drug-likeness (QED) is 0.201. The normalized spacial score (nSPS) is 16.9. The molecule has 4 atom stereocenters. The zero-order valence-electron chi connectivity index (χ0n) is 25.8. The highest BCUT2D eigenvalue weighted by atomic mass is 28.3. The van der Waals surface area contributed by atoms with E-state index >= 15 is 0 Å². The zero-order valence-corrected chi connectivity index (χ0v) is 27.8. The van der Waals surface area contributed by atoms with Crippen molar-refractivity contribution in [1.82, 2.24) is 4.90 Å². The fourth-order valence-corrected chi connectivity index (χ4v) is 9.22. The molecule has 214 valence electrons. The predicted molar refractivity (Wildman–Crippen MR) is 158 cm³/mol. The first-order valence-corrected chi connectivity index (χ1v) is 19.8. The molecule has 0 aliphatic carbocycles. The maximum atomic E-state index is 12.8. The molecule has 6 nitrogen and oxygen atoms in total. The monoisotopic (exact) mass is 545 g/mol. The van der Waals surface area contributed by atoms with Gasteiger partial charge in [-0.2, -0.15) is 0 Å². The smallest absolute Gasteiger partial charge is 0.249 e. The van der Waals surface area contributed by atoms with Gasteiger partial charge in [0.1, 0.15) is 0 Å². The lowest BCUT2D eigenvalue weighted by atomic mass is 10.2. The number of aliphatic hydroxyl groups is 2. The lowest BCUT2D eigenvalue weighted by molar-refractivity contribution is -0.131. The highest BCUT2D eigenvalue weighted by Crippen LogP contribution is 2.41. The minimum Gasteiger partial charge on any atom is -0.389 e. The first-order valence-electron chi connectivity index (χ1n) is 13.7. The predicted octanol–water partition coefficient (Wildman–Crippen LogP) is 5.80. The Bertz CT molecular complexity index is 651. The summed E-state index contributed by atoms with van der Waals surface area (Å²) >= 11 is 0. The molecule has 0 aliphatic heterocycles. The average molecular weight is 546 g/mol. The van der Waals surface area contributed by atoms with Crippen molar-refractivity contribution in [3.63, 3.8) is 0 Å². The molecule has 8 heteroatoms. The summed E-state index contributed by atoms with van der Waals surface area (Å²) in [7, 11) is -3.49. The Morgan fingerprint density at radius 2 is 1.11 bits per heavy atom. The van der Waals surface area contributed by atoms with Gasteiger partial charge in [-0.05, 0) is 29.8 Å². The van der Waals surface area contributed by atoms with Gasteiger partial charge in [0.15, 0.2) is 0 Å². The second-order valence-corrected chi connectivity index (χ2v) is 24.9. The highest BCUT2D eigenvalue weighted by Gasteiger charge is 2.43. The fraction of sp³-hybridized carbons (Fsp3) is 0.893. The van der Waals surface area contributed by atoms with Gasteiger partial charge in [0.25, 0.3) is 0 Å². The number of ether oxygens (including phenoxy) is 2. The molecule has 0 spiro atoms. The minimum absolute atomic E-state index is 0.0795. The van der Waals surface area contributed by atoms with E-state index in [9.17, 15) is 15.0 Å². The maximum absolute atomic E-state index is 12.8. The summed E-state index contributed by atoms with van der Waals surface area (Å²) in [5.74, 6) is -0.277. The van der Waals surface area contributed by atoms with Crippen molar-refractivity contribution in [2.24, 2.45) is 0 Å². The molecule has 2 N–H and O–H groups in total. The largest absolute Gasteiger partial charge is 0.389 e. The van der Waals surface area contributed by atoms with Gasteiger partial charge >= 0.3 is 0 Å². The van der Waals surface area contributed by atoms with Crippen LogP contribution in [0.25, 0.3) is 0 Å². The third-order valence-electron chi connectivity index (χ3n) is 8.71. The Morgan fingerprint density at radius 3 is 1.33 bits per heavy atom. The molecule has 0 aromatic carbocycles. The molecule has 0 bridgehead atoms. The van der Waals surface area contributed by atoms with Gasteiger partial charge in [0.2, 0.25) is 5.91 Å². The number of aliphatic hydroxyl groups excluding tert-OH is 2. The summed E-state index contributed by atoms with van der Waals surface area (Å²) in [6, 6.07) is 0. The van der Waals surface area contributed by atoms with E-state index in [0.717, 1.165) is 12.8 Å². The molecular formula is C28H59NO5Si2. The van der Waals surface area contributed by atoms with Crippen molar-refractivity contribution in [3.8, 4) is 0 Å². The summed E-state index contributed by atoms with van der Waals surface area (Å²) in [5.41, 5.74) is 0.590. The number of nitrogens with zero attached hydrogens (tertiary/aromatic N) is 1. The third-order valence-corrected chi connectivity index (χ3v) is 20.8. The van der Waals surface area contributed by atoms with Crippen LogP contribution in [0.4, 0.5) is 0 Å². The van der Waals surface area contributed by atoms with Crippen LogP contribution in [0.15, 0.2) is 12.2 Å². The Morgan fingerprint density at radius 1 is 0.806 bits per heavy atom. The van der Waals surface area contributed by atoms with Gasteiger partial charge in [0, 0.05) is 30.1 Å². The number of hydrogen-bond donors (Lipinski definition) is 2. The van der Waals surface area contributed by atoms with E-state index in [1.165, 1.54) is 4.90 Å². The van der Waals surface area contributed by atoms with Crippen LogP contribution < -0.4 is 0 Å². The first-order chi connectivity index (χ1) is 16.1. The lowest BCUT2D eigenvalue weighted by Gasteiger charge is -2.43. The number of amides is 1. The van der Waals surface area contributed by atoms with Crippen LogP contribution >= 0.6 is 0 Å². The summed E-state index contributed by atoms with van der Waals surface area (Å²) in [4.78, 5) is 14.3. The van der Waals surface area contributed by atoms with E-state index in [2.05, 4.69) is 88.2 Å². The second kappa shape index (κ2) is 14.0. The van der Waals surface area contributed by atoms with Gasteiger partial charge in [-0.1, -0.05) is 88.2 Å². The summed E-state index contributed by atoms with van der Waals surface area (Å²) in [6.45, 7) is 33.0. The SMILES string of the molecule is C=C(C)C(=O)N(CC(O)COC(CC)[Si](C)(C)C(C)(C)C)CC(O)COC(CC)[Si](C)(C)C(C)(C)C. The maximum Gasteiger partial charge on any atom is 0.249 e. The molecule has 0 aliphatic rings. The minimum atomic E-state index is -1.74. The van der Waals surface area contributed by atoms with Crippen LogP contribution in [-0.2, 0) is 14.3 Å². The Labute approximate surface area is 224 Å². The number of rotatable bonds is 15. The topological polar surface area (TPSA) is 79.2 Å². The third kappa shape index (κ3) is 9.99. The molecule has 0 heterocycles. The molecule has 1 amide bonds. The van der Waals surface area contributed by atoms with E-state index in [4.69, 9.17) is 9.47 Å². The van der Waals surface area contributed by atoms with Crippen molar-refractivity contribution in [2.75, 3.05) is 26.3 Å². The van der Waals surface area contributed by atoms with Gasteiger partial charge in [-0.25, -0.2) is 0 Å². The molecule has 4 unspecified atom stereocenters. The molecule has 0 fully saturated rings. The van der Waals surface area contributed by atoms with Crippen LogP contribution in [0.2, 0.25) is 36.3 Å². The van der Waals surface area contributed by atoms with Crippen molar-refractivity contribution < 1.29 is 24.5 Å². The van der Waals surface area contributed by atoms with Crippen LogP contribution in [-0.4, -0.2) is 87.1 Å². The van der Waals surface area contributed by atoms with E-state index in [0.29, 0.717) is 5.57 Å². The average Bonchev–Trinajstić information content (AvgIpc) is 2.71. The summed E-state index contributed by atoms with van der Waals surface area (Å²) in [6.07, 6.45) is 0.0767. The van der Waals surface area contributed by atoms with Gasteiger partial charge < -0.3 is 24.6 Å². The number of hydrogen-bond acceptors (Lipinski definition) is 5. The number of carbonyl (C=O) groups excluding carboxylic acids is 1. The second-order valence-electron chi connectivity index (χ2n) is 13.7. The molecule has 0 saturated carbocycles. The van der Waals surface area contributed by atoms with Crippen LogP contribution in [0.5, 0.6) is 0 Å². The van der Waals surface area contributed by atoms with Gasteiger partial charge in [0.05, 0.1) is 41.6 Å². The van der Waals surface area contributed by atoms with E-state index in [1.807, 2.05) is 0 Å². The van der Waals surface area contributed by atoms with E-state index in [1.54, 1.807) is 6.92 Å². The lowest BCUT2D eigenvalue weighted by Crippen LogP contribution is -2.52. The number of carbonyl (C=O) groups is 1. The Kier molecular flexibility index (Phi) is 13.8. The van der Waals surface area contributed by atoms with Crippen LogP contribution in [0.1, 0.15) is 75.2 Å². The summed E-state index contributed by atoms with van der Waals surface area (Å²) < 4.78 is 12.4. The molecule has 0 saturated heterocycles. The molecular weight excluding hydrogens is 486 g/mol. The fourth-order valence-electron chi connectivity index (χ4n) is 4.22. The van der Waals surface area contributed by atoms with E-state index < -0.39 is 28.4 Å². The molecule has 0 rings (SSSR count). The summed E-state index contributed by atoms with van der Waals surface area (Å²) in [5, 5.41) is 21.9. The van der Waals surface area contributed by atoms with Crippen LogP contribution in [0.3, 0.4) is 0 Å². The zero-order chi connectivity index (χ0) is 28.7. The van der Waals surface area contributed by atoms with Crippen molar-refractivity contribution in [2.45, 2.75) is 135 Å². The first kappa shape index (κ1) is 35.5. The van der Waals surface area contributed by atoms with Crippen LogP contribution in [0, 0.1) is 0 Å². The van der Waals surface area contributed by atoms with Crippen molar-refractivity contribution in [3.05, 3.63) is 12.2 Å². The van der Waals surface area contributed by atoms with Crippen molar-refractivity contribution >= 4 is 22.1 Å². The standard InChI is InChI=1S/C28H59NO5Si2/c1-15-24(35(11,12)27(5,6)7)33-19-22(30)17-29(26(32)21(3)4)18-23(31)20-34-25(16-2)36(13,14)28(8,9)10/h22-25,30-31H,3,15-20H2,1-2,4-14H3. The van der Waals surface area contributed by atoms with Gasteiger partial charge in [-0.15, -0.1) is 0 Å². The molecule has 0 radical (unpaired) electrons. The molecule has 0 aromatic rings. The highest BCUT2D eigenvalue weighted by molar-refractivity contribution is 6.81. The van der Waals surface area contributed by atoms with E-state index in [-0.39, 0.29) is 53.7 Å². The molecule has 36 heavy (non-hydrogen) atoms. The Hall–Kier alpha value is -0.516. The molecule has 0 aromatic heterocycles. The van der Waals surface area contributed by atoms with Gasteiger partial charge in [-0.3, -0.25) is 4.79 Å². The Balaban J connectivity index is 5.26.